The normalized spacial score (nSPS) is 15.4. The molecule has 0 spiro atoms. The molecule has 0 aliphatic carbocycles. The van der Waals surface area contributed by atoms with E-state index in [1.165, 1.54) is 12.1 Å². The lowest BCUT2D eigenvalue weighted by molar-refractivity contribution is 0.595. The molecule has 0 radical (unpaired) electrons. The van der Waals surface area contributed by atoms with Gasteiger partial charge in [0.05, 0.1) is 0 Å². The third-order valence-corrected chi connectivity index (χ3v) is 2.33. The van der Waals surface area contributed by atoms with Crippen LogP contribution in [-0.4, -0.2) is 6.04 Å². The fourth-order valence-electron chi connectivity index (χ4n) is 1.22. The zero-order chi connectivity index (χ0) is 10.0. The number of nitrogen functional groups attached to an aromatic ring is 1. The molecule has 0 aliphatic heterocycles. The molecule has 0 bridgehead atoms. The van der Waals surface area contributed by atoms with Crippen LogP contribution in [0.4, 0.5) is 10.1 Å². The van der Waals surface area contributed by atoms with Gasteiger partial charge in [-0.1, -0.05) is 6.92 Å². The molecule has 3 heteroatoms. The Balaban J connectivity index is 3.05. The second-order valence-corrected chi connectivity index (χ2v) is 3.42. The van der Waals surface area contributed by atoms with Gasteiger partial charge < -0.3 is 11.5 Å². The van der Waals surface area contributed by atoms with E-state index in [9.17, 15) is 4.39 Å². The highest BCUT2D eigenvalue weighted by Crippen LogP contribution is 2.24. The van der Waals surface area contributed by atoms with Crippen molar-refractivity contribution in [3.05, 3.63) is 29.6 Å². The molecule has 0 saturated carbocycles. The van der Waals surface area contributed by atoms with Crippen molar-refractivity contribution in [1.82, 2.24) is 0 Å². The van der Waals surface area contributed by atoms with Gasteiger partial charge in [-0.25, -0.2) is 4.39 Å². The molecule has 0 amide bonds. The minimum Gasteiger partial charge on any atom is -0.398 e. The van der Waals surface area contributed by atoms with Crippen LogP contribution in [0.3, 0.4) is 0 Å². The van der Waals surface area contributed by atoms with Crippen molar-refractivity contribution in [1.29, 1.82) is 0 Å². The molecule has 1 aromatic rings. The number of halogens is 1. The minimum absolute atomic E-state index is 0.0240. The highest BCUT2D eigenvalue weighted by molar-refractivity contribution is 5.48. The number of rotatable bonds is 2. The lowest BCUT2D eigenvalue weighted by Gasteiger charge is -2.17. The van der Waals surface area contributed by atoms with E-state index >= 15 is 0 Å². The van der Waals surface area contributed by atoms with Crippen LogP contribution in [0.15, 0.2) is 18.2 Å². The average Bonchev–Trinajstić information content (AvgIpc) is 2.08. The van der Waals surface area contributed by atoms with E-state index in [4.69, 9.17) is 11.5 Å². The minimum atomic E-state index is -0.267. The van der Waals surface area contributed by atoms with Gasteiger partial charge in [0, 0.05) is 11.7 Å². The van der Waals surface area contributed by atoms with Crippen LogP contribution < -0.4 is 11.5 Å². The van der Waals surface area contributed by atoms with Crippen LogP contribution in [0, 0.1) is 5.82 Å². The summed E-state index contributed by atoms with van der Waals surface area (Å²) in [6.45, 7) is 3.82. The first-order valence-corrected chi connectivity index (χ1v) is 4.33. The second-order valence-electron chi connectivity index (χ2n) is 3.42. The highest BCUT2D eigenvalue weighted by Gasteiger charge is 2.13. The van der Waals surface area contributed by atoms with Crippen molar-refractivity contribution in [2.24, 2.45) is 5.73 Å². The maximum Gasteiger partial charge on any atom is 0.123 e. The number of hydrogen-bond acceptors (Lipinski definition) is 2. The Morgan fingerprint density at radius 2 is 1.92 bits per heavy atom. The molecular formula is C10H15FN2. The molecular weight excluding hydrogens is 167 g/mol. The predicted octanol–water partition coefficient (Wildman–Crippen LogP) is 1.86. The van der Waals surface area contributed by atoms with Crippen LogP contribution in [0.5, 0.6) is 0 Å². The monoisotopic (exact) mass is 182 g/mol. The van der Waals surface area contributed by atoms with Gasteiger partial charge in [0.25, 0.3) is 0 Å². The number of nitrogens with two attached hydrogens (primary N) is 2. The van der Waals surface area contributed by atoms with Crippen LogP contribution in [0.2, 0.25) is 0 Å². The largest absolute Gasteiger partial charge is 0.398 e. The summed E-state index contributed by atoms with van der Waals surface area (Å²) in [7, 11) is 0. The van der Waals surface area contributed by atoms with Crippen LogP contribution in [-0.2, 0) is 0 Å². The van der Waals surface area contributed by atoms with E-state index in [0.29, 0.717) is 5.69 Å². The highest BCUT2D eigenvalue weighted by atomic mass is 19.1. The van der Waals surface area contributed by atoms with Gasteiger partial charge in [-0.15, -0.1) is 0 Å². The Kier molecular flexibility index (Phi) is 2.88. The third kappa shape index (κ3) is 2.18. The first-order valence-electron chi connectivity index (χ1n) is 4.33. The van der Waals surface area contributed by atoms with Crippen molar-refractivity contribution in [2.75, 3.05) is 5.73 Å². The van der Waals surface area contributed by atoms with Crippen molar-refractivity contribution >= 4 is 5.69 Å². The molecule has 13 heavy (non-hydrogen) atoms. The van der Waals surface area contributed by atoms with E-state index in [1.807, 2.05) is 13.8 Å². The van der Waals surface area contributed by atoms with Gasteiger partial charge in [-0.05, 0) is 36.6 Å². The molecule has 0 aliphatic rings. The van der Waals surface area contributed by atoms with E-state index in [1.54, 1.807) is 6.07 Å². The summed E-state index contributed by atoms with van der Waals surface area (Å²) in [4.78, 5) is 0. The summed E-state index contributed by atoms with van der Waals surface area (Å²) >= 11 is 0. The number of hydrogen-bond donors (Lipinski definition) is 2. The molecule has 2 nitrogen and oxygen atoms in total. The Labute approximate surface area is 77.7 Å². The standard InChI is InChI=1S/C10H15FN2/c1-6(7(2)12)9-5-8(11)3-4-10(9)13/h3-7H,12-13H2,1-2H3. The Bertz CT molecular complexity index is 297. The van der Waals surface area contributed by atoms with Gasteiger partial charge in [0.2, 0.25) is 0 Å². The molecule has 1 aromatic carbocycles. The topological polar surface area (TPSA) is 52.0 Å². The van der Waals surface area contributed by atoms with E-state index < -0.39 is 0 Å². The summed E-state index contributed by atoms with van der Waals surface area (Å²) in [6, 6.07) is 4.35. The van der Waals surface area contributed by atoms with E-state index in [-0.39, 0.29) is 17.8 Å². The third-order valence-electron chi connectivity index (χ3n) is 2.33. The van der Waals surface area contributed by atoms with Gasteiger partial charge in [-0.2, -0.15) is 0 Å². The van der Waals surface area contributed by atoms with E-state index in [0.717, 1.165) is 5.56 Å². The molecule has 0 saturated heterocycles. The first kappa shape index (κ1) is 9.99. The first-order chi connectivity index (χ1) is 6.02. The molecule has 0 heterocycles. The van der Waals surface area contributed by atoms with Crippen molar-refractivity contribution < 1.29 is 4.39 Å². The predicted molar refractivity (Wildman–Crippen MR) is 52.9 cm³/mol. The second kappa shape index (κ2) is 3.75. The zero-order valence-corrected chi connectivity index (χ0v) is 7.92. The van der Waals surface area contributed by atoms with Gasteiger partial charge in [-0.3, -0.25) is 0 Å². The number of benzene rings is 1. The average molecular weight is 182 g/mol. The van der Waals surface area contributed by atoms with Crippen LogP contribution in [0.1, 0.15) is 25.3 Å². The van der Waals surface area contributed by atoms with E-state index in [2.05, 4.69) is 0 Å². The maximum absolute atomic E-state index is 12.9. The van der Waals surface area contributed by atoms with Crippen LogP contribution in [0.25, 0.3) is 0 Å². The lowest BCUT2D eigenvalue weighted by atomic mass is 9.93. The smallest absolute Gasteiger partial charge is 0.123 e. The SMILES string of the molecule is CC(N)C(C)c1cc(F)ccc1N. The zero-order valence-electron chi connectivity index (χ0n) is 7.92. The molecule has 0 fully saturated rings. The summed E-state index contributed by atoms with van der Waals surface area (Å²) in [5.41, 5.74) is 12.8. The Morgan fingerprint density at radius 1 is 1.31 bits per heavy atom. The Morgan fingerprint density at radius 3 is 2.46 bits per heavy atom. The van der Waals surface area contributed by atoms with Gasteiger partial charge in [0.15, 0.2) is 0 Å². The van der Waals surface area contributed by atoms with Crippen LogP contribution >= 0.6 is 0 Å². The van der Waals surface area contributed by atoms with Gasteiger partial charge in [0.1, 0.15) is 5.82 Å². The molecule has 1 rings (SSSR count). The molecule has 2 unspecified atom stereocenters. The fourth-order valence-corrected chi connectivity index (χ4v) is 1.22. The van der Waals surface area contributed by atoms with Crippen molar-refractivity contribution in [3.63, 3.8) is 0 Å². The molecule has 72 valence electrons. The molecule has 0 aromatic heterocycles. The Hall–Kier alpha value is -1.09. The summed E-state index contributed by atoms with van der Waals surface area (Å²) in [6.07, 6.45) is 0. The van der Waals surface area contributed by atoms with Crippen molar-refractivity contribution in [3.8, 4) is 0 Å². The van der Waals surface area contributed by atoms with Crippen molar-refractivity contribution in [2.45, 2.75) is 25.8 Å². The molecule has 2 atom stereocenters. The number of anilines is 1. The fraction of sp³-hybridized carbons (Fsp3) is 0.400. The van der Waals surface area contributed by atoms with Gasteiger partial charge >= 0.3 is 0 Å². The summed E-state index contributed by atoms with van der Waals surface area (Å²) in [5.74, 6) is -0.188. The summed E-state index contributed by atoms with van der Waals surface area (Å²) in [5, 5.41) is 0. The maximum atomic E-state index is 12.9. The summed E-state index contributed by atoms with van der Waals surface area (Å²) < 4.78 is 12.9. The quantitative estimate of drug-likeness (QED) is 0.686. The molecule has 4 N–H and O–H groups in total. The lowest BCUT2D eigenvalue weighted by Crippen LogP contribution is -2.23.